The first kappa shape index (κ1) is 13.3. The highest BCUT2D eigenvalue weighted by atomic mass is 16.3. The number of furan rings is 1. The maximum atomic E-state index is 5.25. The van der Waals surface area contributed by atoms with Gasteiger partial charge in [-0.05, 0) is 32.5 Å². The largest absolute Gasteiger partial charge is 0.468 e. The fourth-order valence-corrected chi connectivity index (χ4v) is 1.74. The van der Waals surface area contributed by atoms with E-state index in [1.165, 1.54) is 12.8 Å². The summed E-state index contributed by atoms with van der Waals surface area (Å²) in [5.41, 5.74) is 0. The van der Waals surface area contributed by atoms with Crippen molar-refractivity contribution in [3.63, 3.8) is 0 Å². The minimum absolute atomic E-state index is 0.676. The maximum absolute atomic E-state index is 5.25. The summed E-state index contributed by atoms with van der Waals surface area (Å²) >= 11 is 0. The van der Waals surface area contributed by atoms with Gasteiger partial charge in [0.2, 0.25) is 0 Å². The molecule has 1 atom stereocenters. The van der Waals surface area contributed by atoms with Crippen molar-refractivity contribution < 1.29 is 4.42 Å². The Morgan fingerprint density at radius 2 is 2.31 bits per heavy atom. The van der Waals surface area contributed by atoms with Gasteiger partial charge in [0, 0.05) is 19.1 Å². The first-order valence-electron chi connectivity index (χ1n) is 6.17. The van der Waals surface area contributed by atoms with Crippen molar-refractivity contribution in [3.8, 4) is 0 Å². The Morgan fingerprint density at radius 3 is 2.94 bits per heavy atom. The molecule has 92 valence electrons. The SMILES string of the molecule is CCCC(C)N(C)CCNCc1ccco1. The lowest BCUT2D eigenvalue weighted by Gasteiger charge is -2.24. The monoisotopic (exact) mass is 224 g/mol. The Balaban J connectivity index is 2.06. The number of hydrogen-bond donors (Lipinski definition) is 1. The van der Waals surface area contributed by atoms with Crippen molar-refractivity contribution in [1.29, 1.82) is 0 Å². The smallest absolute Gasteiger partial charge is 0.117 e. The van der Waals surface area contributed by atoms with Crippen LogP contribution < -0.4 is 5.32 Å². The van der Waals surface area contributed by atoms with Gasteiger partial charge in [-0.3, -0.25) is 0 Å². The molecular formula is C13H24N2O. The van der Waals surface area contributed by atoms with Gasteiger partial charge in [-0.1, -0.05) is 13.3 Å². The number of rotatable bonds is 8. The van der Waals surface area contributed by atoms with E-state index in [9.17, 15) is 0 Å². The molecule has 0 aromatic carbocycles. The predicted molar refractivity (Wildman–Crippen MR) is 67.4 cm³/mol. The van der Waals surface area contributed by atoms with Crippen LogP contribution in [0.25, 0.3) is 0 Å². The summed E-state index contributed by atoms with van der Waals surface area (Å²) in [5.74, 6) is 1.00. The van der Waals surface area contributed by atoms with E-state index in [1.807, 2.05) is 12.1 Å². The Morgan fingerprint density at radius 1 is 1.50 bits per heavy atom. The van der Waals surface area contributed by atoms with Crippen molar-refractivity contribution in [2.24, 2.45) is 0 Å². The van der Waals surface area contributed by atoms with Crippen molar-refractivity contribution >= 4 is 0 Å². The second-order valence-electron chi connectivity index (χ2n) is 4.37. The quantitative estimate of drug-likeness (QED) is 0.688. The summed E-state index contributed by atoms with van der Waals surface area (Å²) in [4.78, 5) is 2.40. The third kappa shape index (κ3) is 4.81. The standard InChI is InChI=1S/C13H24N2O/c1-4-6-12(2)15(3)9-8-14-11-13-7-5-10-16-13/h5,7,10,12,14H,4,6,8-9,11H2,1-3H3. The zero-order chi connectivity index (χ0) is 11.8. The van der Waals surface area contributed by atoms with E-state index in [0.717, 1.165) is 25.4 Å². The zero-order valence-electron chi connectivity index (χ0n) is 10.7. The van der Waals surface area contributed by atoms with E-state index in [1.54, 1.807) is 6.26 Å². The van der Waals surface area contributed by atoms with Crippen LogP contribution in [-0.4, -0.2) is 31.1 Å². The molecule has 1 heterocycles. The summed E-state index contributed by atoms with van der Waals surface area (Å²) in [6.45, 7) is 7.44. The fraction of sp³-hybridized carbons (Fsp3) is 0.692. The number of nitrogens with one attached hydrogen (secondary N) is 1. The van der Waals surface area contributed by atoms with E-state index in [2.05, 4.69) is 31.1 Å². The topological polar surface area (TPSA) is 28.4 Å². The summed E-state index contributed by atoms with van der Waals surface area (Å²) in [6, 6.07) is 4.60. The van der Waals surface area contributed by atoms with E-state index in [0.29, 0.717) is 6.04 Å². The second kappa shape index (κ2) is 7.47. The highest BCUT2D eigenvalue weighted by Crippen LogP contribution is 2.03. The number of likely N-dealkylation sites (N-methyl/N-ethyl adjacent to an activating group) is 1. The molecule has 1 rings (SSSR count). The first-order chi connectivity index (χ1) is 7.74. The highest BCUT2D eigenvalue weighted by molar-refractivity contribution is 4.97. The molecule has 0 aliphatic carbocycles. The Labute approximate surface area is 98.8 Å². The van der Waals surface area contributed by atoms with Gasteiger partial charge >= 0.3 is 0 Å². The van der Waals surface area contributed by atoms with Gasteiger partial charge in [0.1, 0.15) is 5.76 Å². The predicted octanol–water partition coefficient (Wildman–Crippen LogP) is 2.49. The molecule has 1 aromatic rings. The molecule has 0 radical (unpaired) electrons. The molecular weight excluding hydrogens is 200 g/mol. The molecule has 0 amide bonds. The lowest BCUT2D eigenvalue weighted by atomic mass is 10.2. The third-order valence-corrected chi connectivity index (χ3v) is 2.98. The van der Waals surface area contributed by atoms with Gasteiger partial charge in [-0.2, -0.15) is 0 Å². The molecule has 3 heteroatoms. The van der Waals surface area contributed by atoms with Crippen LogP contribution in [0, 0.1) is 0 Å². The molecule has 0 saturated heterocycles. The summed E-state index contributed by atoms with van der Waals surface area (Å²) in [7, 11) is 2.19. The van der Waals surface area contributed by atoms with Crippen LogP contribution in [0.2, 0.25) is 0 Å². The average molecular weight is 224 g/mol. The molecule has 1 aromatic heterocycles. The van der Waals surface area contributed by atoms with Crippen molar-refractivity contribution in [2.45, 2.75) is 39.3 Å². The van der Waals surface area contributed by atoms with Gasteiger partial charge < -0.3 is 14.6 Å². The van der Waals surface area contributed by atoms with Gasteiger partial charge in [0.15, 0.2) is 0 Å². The molecule has 0 aliphatic heterocycles. The molecule has 0 saturated carbocycles. The van der Waals surface area contributed by atoms with Gasteiger partial charge in [0.25, 0.3) is 0 Å². The molecule has 0 aliphatic rings. The van der Waals surface area contributed by atoms with Crippen LogP contribution in [0.4, 0.5) is 0 Å². The van der Waals surface area contributed by atoms with Crippen LogP contribution in [0.5, 0.6) is 0 Å². The molecule has 0 spiro atoms. The lowest BCUT2D eigenvalue weighted by molar-refractivity contribution is 0.244. The number of nitrogens with zero attached hydrogens (tertiary/aromatic N) is 1. The minimum atomic E-state index is 0.676. The molecule has 0 fully saturated rings. The van der Waals surface area contributed by atoms with Crippen LogP contribution in [0.3, 0.4) is 0 Å². The van der Waals surface area contributed by atoms with Crippen LogP contribution in [0.15, 0.2) is 22.8 Å². The first-order valence-corrected chi connectivity index (χ1v) is 6.17. The van der Waals surface area contributed by atoms with Crippen molar-refractivity contribution in [3.05, 3.63) is 24.2 Å². The van der Waals surface area contributed by atoms with Gasteiger partial charge in [-0.25, -0.2) is 0 Å². The third-order valence-electron chi connectivity index (χ3n) is 2.98. The fourth-order valence-electron chi connectivity index (χ4n) is 1.74. The number of hydrogen-bond acceptors (Lipinski definition) is 3. The van der Waals surface area contributed by atoms with E-state index < -0.39 is 0 Å². The van der Waals surface area contributed by atoms with Crippen molar-refractivity contribution in [2.75, 3.05) is 20.1 Å². The Kier molecular flexibility index (Phi) is 6.19. The summed E-state index contributed by atoms with van der Waals surface area (Å²) < 4.78 is 5.25. The molecule has 1 N–H and O–H groups in total. The van der Waals surface area contributed by atoms with E-state index in [4.69, 9.17) is 4.42 Å². The minimum Gasteiger partial charge on any atom is -0.468 e. The van der Waals surface area contributed by atoms with Crippen LogP contribution in [0.1, 0.15) is 32.4 Å². The molecule has 16 heavy (non-hydrogen) atoms. The average Bonchev–Trinajstić information content (AvgIpc) is 2.77. The Hall–Kier alpha value is -0.800. The summed E-state index contributed by atoms with van der Waals surface area (Å²) in [6.07, 6.45) is 4.24. The van der Waals surface area contributed by atoms with Crippen molar-refractivity contribution in [1.82, 2.24) is 10.2 Å². The van der Waals surface area contributed by atoms with Gasteiger partial charge in [0.05, 0.1) is 12.8 Å². The van der Waals surface area contributed by atoms with E-state index >= 15 is 0 Å². The molecule has 3 nitrogen and oxygen atoms in total. The van der Waals surface area contributed by atoms with Gasteiger partial charge in [-0.15, -0.1) is 0 Å². The second-order valence-corrected chi connectivity index (χ2v) is 4.37. The lowest BCUT2D eigenvalue weighted by Crippen LogP contribution is -2.35. The molecule has 0 bridgehead atoms. The highest BCUT2D eigenvalue weighted by Gasteiger charge is 2.06. The normalized spacial score (nSPS) is 13.2. The van der Waals surface area contributed by atoms with E-state index in [-0.39, 0.29) is 0 Å². The molecule has 1 unspecified atom stereocenters. The van der Waals surface area contributed by atoms with Crippen LogP contribution >= 0.6 is 0 Å². The summed E-state index contributed by atoms with van der Waals surface area (Å²) in [5, 5.41) is 3.38. The zero-order valence-corrected chi connectivity index (χ0v) is 10.7. The Bertz CT molecular complexity index is 259. The maximum Gasteiger partial charge on any atom is 0.117 e. The van der Waals surface area contributed by atoms with Crippen LogP contribution in [-0.2, 0) is 6.54 Å².